The average Bonchev–Trinajstić information content (AvgIpc) is 3.14. The third kappa shape index (κ3) is 5.62. The molecular weight excluding hydrogens is 413 g/mol. The van der Waals surface area contributed by atoms with Crippen LogP contribution in [0.3, 0.4) is 0 Å². The number of rotatable bonds is 10. The highest BCUT2D eigenvalue weighted by molar-refractivity contribution is 7.56. The molecule has 12 heteroatoms. The van der Waals surface area contributed by atoms with E-state index >= 15 is 0 Å². The third-order valence-electron chi connectivity index (χ3n) is 4.15. The number of aliphatic hydroxyl groups is 1. The summed E-state index contributed by atoms with van der Waals surface area (Å²) in [4.78, 5) is 22.1. The number of nitrogens with two attached hydrogens (primary N) is 1. The Morgan fingerprint density at radius 3 is 2.83 bits per heavy atom. The van der Waals surface area contributed by atoms with Gasteiger partial charge < -0.3 is 30.1 Å². The number of anilines is 1. The van der Waals surface area contributed by atoms with E-state index < -0.39 is 13.7 Å². The van der Waals surface area contributed by atoms with Crippen LogP contribution >= 0.6 is 7.60 Å². The Morgan fingerprint density at radius 1 is 1.27 bits per heavy atom. The zero-order chi connectivity index (χ0) is 21.6. The average molecular weight is 435 g/mol. The number of hydrogen-bond acceptors (Lipinski definition) is 9. The maximum atomic E-state index is 12.3. The fourth-order valence-corrected chi connectivity index (χ4v) is 3.39. The molecule has 0 saturated carbocycles. The molecule has 0 spiro atoms. The zero-order valence-corrected chi connectivity index (χ0v) is 16.8. The third-order valence-corrected chi connectivity index (χ3v) is 5.20. The summed E-state index contributed by atoms with van der Waals surface area (Å²) < 4.78 is 24.7. The van der Waals surface area contributed by atoms with Crippen LogP contribution in [0.15, 0.2) is 42.7 Å². The number of phenols is 1. The summed E-state index contributed by atoms with van der Waals surface area (Å²) in [6.45, 7) is -0.412. The fraction of sp³-hybridized carbons (Fsp3) is 0.278. The number of para-hydroxylation sites is 1. The van der Waals surface area contributed by atoms with Crippen molar-refractivity contribution in [2.45, 2.75) is 19.3 Å². The summed E-state index contributed by atoms with van der Waals surface area (Å²) in [6, 6.07) is 6.38. The first-order valence-electron chi connectivity index (χ1n) is 8.97. The molecule has 0 amide bonds. The lowest BCUT2D eigenvalue weighted by molar-refractivity contribution is -0.0289. The smallest absolute Gasteiger partial charge is 0.351 e. The molecule has 0 radical (unpaired) electrons. The normalized spacial score (nSPS) is 14.9. The number of hydrogen-bond donors (Lipinski definition) is 4. The van der Waals surface area contributed by atoms with Crippen molar-refractivity contribution >= 4 is 30.7 Å². The highest BCUT2D eigenvalue weighted by Crippen LogP contribution is 2.44. The number of aromatic hydroxyl groups is 1. The summed E-state index contributed by atoms with van der Waals surface area (Å²) in [7, 11) is -4.09. The lowest BCUT2D eigenvalue weighted by atomic mass is 10.2. The predicted molar refractivity (Wildman–Crippen MR) is 109 cm³/mol. The highest BCUT2D eigenvalue weighted by Gasteiger charge is 2.20. The van der Waals surface area contributed by atoms with Crippen LogP contribution in [0.4, 0.5) is 5.82 Å². The first kappa shape index (κ1) is 21.9. The van der Waals surface area contributed by atoms with Gasteiger partial charge in [-0.1, -0.05) is 18.2 Å². The zero-order valence-electron chi connectivity index (χ0n) is 15.9. The number of phenolic OH excluding ortho intramolecular Hbond substituents is 1. The van der Waals surface area contributed by atoms with Crippen LogP contribution in [0.2, 0.25) is 0 Å². The van der Waals surface area contributed by atoms with Gasteiger partial charge in [0.05, 0.1) is 19.0 Å². The quantitative estimate of drug-likeness (QED) is 0.344. The molecule has 2 atom stereocenters. The number of nitrogen functional groups attached to an aromatic ring is 1. The van der Waals surface area contributed by atoms with Gasteiger partial charge in [-0.15, -0.1) is 0 Å². The summed E-state index contributed by atoms with van der Waals surface area (Å²) in [6.07, 6.45) is 3.62. The monoisotopic (exact) mass is 435 g/mol. The maximum absolute atomic E-state index is 12.3. The van der Waals surface area contributed by atoms with E-state index in [2.05, 4.69) is 15.0 Å². The van der Waals surface area contributed by atoms with Crippen LogP contribution in [-0.2, 0) is 20.6 Å². The van der Waals surface area contributed by atoms with Gasteiger partial charge in [0.25, 0.3) is 0 Å². The second kappa shape index (κ2) is 9.79. The van der Waals surface area contributed by atoms with Gasteiger partial charge in [-0.25, -0.2) is 15.0 Å². The molecule has 0 bridgehead atoms. The predicted octanol–water partition coefficient (Wildman–Crippen LogP) is 1.71. The van der Waals surface area contributed by atoms with E-state index in [0.717, 1.165) is 5.82 Å². The van der Waals surface area contributed by atoms with Crippen molar-refractivity contribution in [2.24, 2.45) is 0 Å². The van der Waals surface area contributed by atoms with E-state index in [-0.39, 0.29) is 37.9 Å². The van der Waals surface area contributed by atoms with Gasteiger partial charge in [-0.2, -0.15) is 0 Å². The number of nitrogens with zero attached hydrogens (tertiary/aromatic N) is 4. The molecule has 5 N–H and O–H groups in total. The number of imidazole rings is 1. The van der Waals surface area contributed by atoms with Crippen molar-refractivity contribution in [2.75, 3.05) is 18.9 Å². The molecule has 3 rings (SSSR count). The maximum Gasteiger partial charge on any atom is 0.351 e. The molecule has 3 aromatic rings. The fourth-order valence-electron chi connectivity index (χ4n) is 2.57. The molecule has 1 unspecified atom stereocenters. The first-order chi connectivity index (χ1) is 14.4. The Hall–Kier alpha value is -2.82. The minimum Gasteiger partial charge on any atom is -0.507 e. The van der Waals surface area contributed by atoms with E-state index in [0.29, 0.717) is 16.7 Å². The van der Waals surface area contributed by atoms with Crippen LogP contribution < -0.4 is 5.73 Å². The molecule has 0 aliphatic heterocycles. The topological polar surface area (TPSA) is 166 Å². The van der Waals surface area contributed by atoms with Gasteiger partial charge in [0.15, 0.2) is 11.5 Å². The van der Waals surface area contributed by atoms with Crippen molar-refractivity contribution in [1.29, 1.82) is 0 Å². The van der Waals surface area contributed by atoms with Crippen molar-refractivity contribution in [1.82, 2.24) is 19.5 Å². The number of ether oxygens (including phenoxy) is 1. The van der Waals surface area contributed by atoms with Crippen molar-refractivity contribution in [3.63, 3.8) is 0 Å². The summed E-state index contributed by atoms with van der Waals surface area (Å²) in [5.41, 5.74) is 7.04. The van der Waals surface area contributed by atoms with E-state index in [9.17, 15) is 19.7 Å². The van der Waals surface area contributed by atoms with E-state index in [1.807, 2.05) is 0 Å². The van der Waals surface area contributed by atoms with Crippen LogP contribution in [-0.4, -0.2) is 53.9 Å². The summed E-state index contributed by atoms with van der Waals surface area (Å²) in [5.74, 6) is 1.21. The molecule has 0 aliphatic rings. The van der Waals surface area contributed by atoms with Gasteiger partial charge in [-0.3, -0.25) is 9.13 Å². The Labute approximate surface area is 172 Å². The van der Waals surface area contributed by atoms with E-state index in [4.69, 9.17) is 15.0 Å². The van der Waals surface area contributed by atoms with Gasteiger partial charge in [0.1, 0.15) is 24.3 Å². The van der Waals surface area contributed by atoms with Crippen molar-refractivity contribution in [3.8, 4) is 5.75 Å². The Morgan fingerprint density at radius 2 is 2.07 bits per heavy atom. The van der Waals surface area contributed by atoms with Crippen LogP contribution in [0.5, 0.6) is 5.75 Å². The van der Waals surface area contributed by atoms with Crippen LogP contribution in [0, 0.1) is 0 Å². The van der Waals surface area contributed by atoms with Gasteiger partial charge >= 0.3 is 7.60 Å². The molecule has 0 saturated heterocycles. The van der Waals surface area contributed by atoms with Crippen molar-refractivity contribution < 1.29 is 28.9 Å². The molecule has 30 heavy (non-hydrogen) atoms. The molecule has 2 aromatic heterocycles. The second-order valence-electron chi connectivity index (χ2n) is 6.31. The van der Waals surface area contributed by atoms with Crippen LogP contribution in [0.25, 0.3) is 17.2 Å². The Kier molecular flexibility index (Phi) is 7.14. The summed E-state index contributed by atoms with van der Waals surface area (Å²) in [5, 5.41) is 19.0. The standard InChI is InChI=1S/C18H22N5O6P/c19-17-16-18(21-10-20-17)23(11-22-16)12-28-14(5-7-24)9-29-30(26,27)8-6-13-3-1-2-4-15(13)25/h1-4,6,8,10-11,14,24-25H,5,7,9,12H2,(H,26,27)(H2,19,20,21)/b8-6+/t14-/m0/s1. The van der Waals surface area contributed by atoms with Gasteiger partial charge in [0.2, 0.25) is 0 Å². The molecule has 160 valence electrons. The molecule has 2 heterocycles. The molecule has 0 fully saturated rings. The molecular formula is C18H22N5O6P. The van der Waals surface area contributed by atoms with E-state index in [1.54, 1.807) is 22.8 Å². The SMILES string of the molecule is Nc1ncnc2c1ncn2CO[C@@H](CCO)COP(=O)(O)/C=C/c1ccccc1O. The second-order valence-corrected chi connectivity index (χ2v) is 7.99. The highest BCUT2D eigenvalue weighted by atomic mass is 31.2. The molecule has 11 nitrogen and oxygen atoms in total. The summed E-state index contributed by atoms with van der Waals surface area (Å²) >= 11 is 0. The van der Waals surface area contributed by atoms with E-state index in [1.165, 1.54) is 24.8 Å². The largest absolute Gasteiger partial charge is 0.507 e. The number of benzene rings is 1. The van der Waals surface area contributed by atoms with Gasteiger partial charge in [-0.05, 0) is 18.6 Å². The number of fused-ring (bicyclic) bond motifs is 1. The molecule has 0 aliphatic carbocycles. The lowest BCUT2D eigenvalue weighted by Gasteiger charge is -2.18. The lowest BCUT2D eigenvalue weighted by Crippen LogP contribution is -2.22. The Bertz CT molecular complexity index is 1070. The number of aromatic nitrogens is 4. The number of aliphatic hydroxyl groups excluding tert-OH is 1. The van der Waals surface area contributed by atoms with Gasteiger partial charge in [0, 0.05) is 18.0 Å². The molecule has 1 aromatic carbocycles. The Balaban J connectivity index is 1.60. The van der Waals surface area contributed by atoms with Crippen molar-refractivity contribution in [3.05, 3.63) is 48.3 Å². The van der Waals surface area contributed by atoms with Crippen LogP contribution in [0.1, 0.15) is 12.0 Å². The minimum absolute atomic E-state index is 0.0183. The minimum atomic E-state index is -4.09. The first-order valence-corrected chi connectivity index (χ1v) is 10.6.